The van der Waals surface area contributed by atoms with Gasteiger partial charge in [0.2, 0.25) is 0 Å². The molecule has 112 valence electrons. The molecule has 0 atom stereocenters. The van der Waals surface area contributed by atoms with Gasteiger partial charge in [-0.25, -0.2) is 0 Å². The molecule has 2 aromatic carbocycles. The van der Waals surface area contributed by atoms with Crippen LogP contribution in [-0.2, 0) is 17.9 Å². The first-order chi connectivity index (χ1) is 10.3. The van der Waals surface area contributed by atoms with Crippen molar-refractivity contribution in [2.24, 2.45) is 0 Å². The first kappa shape index (κ1) is 16.0. The van der Waals surface area contributed by atoms with Crippen LogP contribution in [0.4, 0.5) is 0 Å². The minimum absolute atomic E-state index is 0.582. The van der Waals surface area contributed by atoms with Gasteiger partial charge in [-0.2, -0.15) is 0 Å². The van der Waals surface area contributed by atoms with Crippen molar-refractivity contribution < 1.29 is 9.47 Å². The molecule has 0 aromatic heterocycles. The molecule has 1 N–H and O–H groups in total. The van der Waals surface area contributed by atoms with Crippen molar-refractivity contribution >= 4 is 15.9 Å². The van der Waals surface area contributed by atoms with E-state index in [0.29, 0.717) is 6.61 Å². The van der Waals surface area contributed by atoms with Gasteiger partial charge in [0.05, 0.1) is 6.61 Å². The van der Waals surface area contributed by atoms with Crippen LogP contribution in [0.3, 0.4) is 0 Å². The van der Waals surface area contributed by atoms with Crippen molar-refractivity contribution in [2.75, 3.05) is 20.3 Å². The lowest BCUT2D eigenvalue weighted by Crippen LogP contribution is -2.18. The number of hydrogen-bond acceptors (Lipinski definition) is 3. The molecule has 0 fully saturated rings. The second-order valence-corrected chi connectivity index (χ2v) is 5.55. The van der Waals surface area contributed by atoms with Crippen LogP contribution in [0.5, 0.6) is 5.75 Å². The number of nitrogens with one attached hydrogen (secondary N) is 1. The second kappa shape index (κ2) is 8.82. The summed E-state index contributed by atoms with van der Waals surface area (Å²) in [5.41, 5.74) is 2.37. The summed E-state index contributed by atoms with van der Waals surface area (Å²) in [5, 5.41) is 3.32. The molecular formula is C17H20BrNO2. The molecule has 0 bridgehead atoms. The minimum atomic E-state index is 0.582. The summed E-state index contributed by atoms with van der Waals surface area (Å²) in [7, 11) is 1.70. The van der Waals surface area contributed by atoms with Crippen molar-refractivity contribution in [3.63, 3.8) is 0 Å². The van der Waals surface area contributed by atoms with E-state index in [0.717, 1.165) is 29.9 Å². The van der Waals surface area contributed by atoms with Gasteiger partial charge in [-0.05, 0) is 23.3 Å². The summed E-state index contributed by atoms with van der Waals surface area (Å²) in [6.45, 7) is 2.95. The Balaban J connectivity index is 1.86. The van der Waals surface area contributed by atoms with Gasteiger partial charge in [-0.15, -0.1) is 0 Å². The molecule has 0 aliphatic rings. The molecular weight excluding hydrogens is 330 g/mol. The van der Waals surface area contributed by atoms with E-state index in [4.69, 9.17) is 9.47 Å². The van der Waals surface area contributed by atoms with Gasteiger partial charge in [0.15, 0.2) is 0 Å². The Morgan fingerprint density at radius 3 is 2.62 bits per heavy atom. The van der Waals surface area contributed by atoms with Gasteiger partial charge in [0.1, 0.15) is 12.4 Å². The minimum Gasteiger partial charge on any atom is -0.489 e. The number of halogens is 1. The molecule has 3 nitrogen and oxygen atoms in total. The van der Waals surface area contributed by atoms with Crippen molar-refractivity contribution in [3.8, 4) is 5.75 Å². The average Bonchev–Trinajstić information content (AvgIpc) is 2.52. The fraction of sp³-hybridized carbons (Fsp3) is 0.294. The largest absolute Gasteiger partial charge is 0.489 e. The van der Waals surface area contributed by atoms with Crippen molar-refractivity contribution in [3.05, 3.63) is 64.1 Å². The lowest BCUT2D eigenvalue weighted by atomic mass is 10.2. The van der Waals surface area contributed by atoms with E-state index in [1.807, 2.05) is 30.3 Å². The van der Waals surface area contributed by atoms with Crippen LogP contribution in [0, 0.1) is 0 Å². The molecule has 0 amide bonds. The maximum atomic E-state index is 5.80. The Labute approximate surface area is 134 Å². The summed E-state index contributed by atoms with van der Waals surface area (Å²) in [5.74, 6) is 0.867. The monoisotopic (exact) mass is 349 g/mol. The third-order valence-electron chi connectivity index (χ3n) is 3.07. The number of hydrogen-bond donors (Lipinski definition) is 1. The fourth-order valence-corrected chi connectivity index (χ4v) is 2.40. The molecule has 21 heavy (non-hydrogen) atoms. The summed E-state index contributed by atoms with van der Waals surface area (Å²) < 4.78 is 11.9. The topological polar surface area (TPSA) is 30.5 Å². The molecule has 2 aromatic rings. The Morgan fingerprint density at radius 1 is 1.10 bits per heavy atom. The second-order valence-electron chi connectivity index (χ2n) is 4.70. The predicted octanol–water partition coefficient (Wildman–Crippen LogP) is 3.76. The normalized spacial score (nSPS) is 10.6. The highest BCUT2D eigenvalue weighted by molar-refractivity contribution is 9.10. The Bertz CT molecular complexity index is 546. The number of benzene rings is 2. The molecule has 0 saturated carbocycles. The van der Waals surface area contributed by atoms with Gasteiger partial charge in [0, 0.05) is 24.7 Å². The van der Waals surface area contributed by atoms with Crippen LogP contribution in [0.2, 0.25) is 0 Å². The zero-order valence-corrected chi connectivity index (χ0v) is 13.7. The molecule has 0 heterocycles. The summed E-state index contributed by atoms with van der Waals surface area (Å²) in [6.07, 6.45) is 0. The maximum Gasteiger partial charge on any atom is 0.120 e. The maximum absolute atomic E-state index is 5.80. The van der Waals surface area contributed by atoms with E-state index in [9.17, 15) is 0 Å². The first-order valence-electron chi connectivity index (χ1n) is 6.94. The average molecular weight is 350 g/mol. The van der Waals surface area contributed by atoms with E-state index in [2.05, 4.69) is 39.4 Å². The summed E-state index contributed by atoms with van der Waals surface area (Å²) in [6, 6.07) is 16.2. The van der Waals surface area contributed by atoms with Crippen LogP contribution < -0.4 is 10.1 Å². The van der Waals surface area contributed by atoms with E-state index in [1.165, 1.54) is 11.1 Å². The first-order valence-corrected chi connectivity index (χ1v) is 7.73. The highest BCUT2D eigenvalue weighted by atomic mass is 79.9. The van der Waals surface area contributed by atoms with Crippen molar-refractivity contribution in [1.82, 2.24) is 5.32 Å². The molecule has 0 spiro atoms. The molecule has 0 unspecified atom stereocenters. The quantitative estimate of drug-likeness (QED) is 0.736. The van der Waals surface area contributed by atoms with E-state index < -0.39 is 0 Å². The van der Waals surface area contributed by atoms with Gasteiger partial charge in [-0.3, -0.25) is 0 Å². The summed E-state index contributed by atoms with van der Waals surface area (Å²) in [4.78, 5) is 0. The van der Waals surface area contributed by atoms with Gasteiger partial charge in [-0.1, -0.05) is 52.3 Å². The van der Waals surface area contributed by atoms with Crippen LogP contribution >= 0.6 is 15.9 Å². The zero-order chi connectivity index (χ0) is 14.9. The highest BCUT2D eigenvalue weighted by Crippen LogP contribution is 2.23. The third-order valence-corrected chi connectivity index (χ3v) is 3.81. The third kappa shape index (κ3) is 5.50. The van der Waals surface area contributed by atoms with Crippen molar-refractivity contribution in [1.29, 1.82) is 0 Å². The van der Waals surface area contributed by atoms with Gasteiger partial charge in [0.25, 0.3) is 0 Å². The highest BCUT2D eigenvalue weighted by Gasteiger charge is 2.03. The van der Waals surface area contributed by atoms with E-state index >= 15 is 0 Å². The van der Waals surface area contributed by atoms with Crippen LogP contribution in [0.15, 0.2) is 53.0 Å². The molecule has 4 heteroatoms. The lowest BCUT2D eigenvalue weighted by Gasteiger charge is -2.10. The van der Waals surface area contributed by atoms with E-state index in [1.54, 1.807) is 7.11 Å². The Kier molecular flexibility index (Phi) is 6.73. The molecule has 0 aliphatic carbocycles. The number of rotatable bonds is 8. The smallest absolute Gasteiger partial charge is 0.120 e. The van der Waals surface area contributed by atoms with Crippen LogP contribution in [-0.4, -0.2) is 20.3 Å². The zero-order valence-electron chi connectivity index (χ0n) is 12.1. The van der Waals surface area contributed by atoms with Gasteiger partial charge < -0.3 is 14.8 Å². The molecule has 0 saturated heterocycles. The number of methoxy groups -OCH3 is 1. The van der Waals surface area contributed by atoms with Gasteiger partial charge >= 0.3 is 0 Å². The van der Waals surface area contributed by atoms with Crippen molar-refractivity contribution in [2.45, 2.75) is 13.2 Å². The lowest BCUT2D eigenvalue weighted by molar-refractivity contribution is 0.199. The SMILES string of the molecule is COCCNCc1ccc(OCc2ccccc2)cc1Br. The Morgan fingerprint density at radius 2 is 1.90 bits per heavy atom. The Hall–Kier alpha value is -1.36. The molecule has 0 aliphatic heterocycles. The standard InChI is InChI=1S/C17H20BrNO2/c1-20-10-9-19-12-15-7-8-16(11-17(15)18)21-13-14-5-3-2-4-6-14/h2-8,11,19H,9-10,12-13H2,1H3. The summed E-state index contributed by atoms with van der Waals surface area (Å²) >= 11 is 3.59. The van der Waals surface area contributed by atoms with Crippen LogP contribution in [0.25, 0.3) is 0 Å². The molecule has 2 rings (SSSR count). The molecule has 0 radical (unpaired) electrons. The fourth-order valence-electron chi connectivity index (χ4n) is 1.90. The van der Waals surface area contributed by atoms with Crippen LogP contribution in [0.1, 0.15) is 11.1 Å². The van der Waals surface area contributed by atoms with E-state index in [-0.39, 0.29) is 0 Å². The number of ether oxygens (including phenoxy) is 2. The predicted molar refractivity (Wildman–Crippen MR) is 88.5 cm³/mol.